The van der Waals surface area contributed by atoms with Gasteiger partial charge in [0.2, 0.25) is 0 Å². The molecule has 1 aromatic carbocycles. The Morgan fingerprint density at radius 1 is 1.35 bits per heavy atom. The van der Waals surface area contributed by atoms with E-state index in [9.17, 15) is 0 Å². The van der Waals surface area contributed by atoms with E-state index in [1.807, 2.05) is 0 Å². The predicted octanol–water partition coefficient (Wildman–Crippen LogP) is 2.14. The molecule has 2 nitrogen and oxygen atoms in total. The lowest BCUT2D eigenvalue weighted by atomic mass is 9.98. The molecule has 1 aliphatic rings. The van der Waals surface area contributed by atoms with Crippen LogP contribution in [0.25, 0.3) is 0 Å². The minimum Gasteiger partial charge on any atom is -0.314 e. The Hall–Kier alpha value is -0.860. The van der Waals surface area contributed by atoms with Crippen LogP contribution in [-0.4, -0.2) is 37.6 Å². The van der Waals surface area contributed by atoms with E-state index in [1.54, 1.807) is 0 Å². The number of hydrogen-bond donors (Lipinski definition) is 1. The number of nitrogens with one attached hydrogen (secondary N) is 1. The Balaban J connectivity index is 1.94. The summed E-state index contributed by atoms with van der Waals surface area (Å²) in [5, 5.41) is 3.49. The molecule has 0 aliphatic carbocycles. The summed E-state index contributed by atoms with van der Waals surface area (Å²) >= 11 is 0. The highest BCUT2D eigenvalue weighted by atomic mass is 15.2. The van der Waals surface area contributed by atoms with Gasteiger partial charge in [0.25, 0.3) is 0 Å². The van der Waals surface area contributed by atoms with Crippen LogP contribution in [0.15, 0.2) is 18.2 Å². The SMILES string of the molecule is Cc1ccc(C)c(CCC2CNCCN2C)c1. The van der Waals surface area contributed by atoms with E-state index in [-0.39, 0.29) is 0 Å². The summed E-state index contributed by atoms with van der Waals surface area (Å²) < 4.78 is 0. The van der Waals surface area contributed by atoms with Crippen LogP contribution < -0.4 is 5.32 Å². The molecular weight excluding hydrogens is 208 g/mol. The first-order valence-corrected chi connectivity index (χ1v) is 6.64. The zero-order chi connectivity index (χ0) is 12.3. The van der Waals surface area contributed by atoms with Gasteiger partial charge in [0.1, 0.15) is 0 Å². The highest BCUT2D eigenvalue weighted by Gasteiger charge is 2.18. The standard InChI is InChI=1S/C15H24N2/c1-12-4-5-13(2)14(10-12)6-7-15-11-16-8-9-17(15)3/h4-5,10,15-16H,6-9,11H2,1-3H3. The van der Waals surface area contributed by atoms with Gasteiger partial charge in [-0.05, 0) is 44.9 Å². The molecule has 1 atom stereocenters. The molecule has 2 rings (SSSR count). The molecule has 0 spiro atoms. The second-order valence-corrected chi connectivity index (χ2v) is 5.31. The van der Waals surface area contributed by atoms with Crippen molar-refractivity contribution in [2.24, 2.45) is 0 Å². The third-order valence-corrected chi connectivity index (χ3v) is 3.90. The summed E-state index contributed by atoms with van der Waals surface area (Å²) in [6.07, 6.45) is 2.46. The average Bonchev–Trinajstić information content (AvgIpc) is 2.32. The van der Waals surface area contributed by atoms with Gasteiger partial charge in [-0.1, -0.05) is 23.8 Å². The lowest BCUT2D eigenvalue weighted by Crippen LogP contribution is -2.49. The molecule has 1 N–H and O–H groups in total. The Kier molecular flexibility index (Phi) is 4.19. The van der Waals surface area contributed by atoms with Crippen LogP contribution in [-0.2, 0) is 6.42 Å². The van der Waals surface area contributed by atoms with Crippen molar-refractivity contribution in [3.63, 3.8) is 0 Å². The Labute approximate surface area is 105 Å². The van der Waals surface area contributed by atoms with Gasteiger partial charge in [0, 0.05) is 25.7 Å². The molecule has 94 valence electrons. The van der Waals surface area contributed by atoms with Crippen molar-refractivity contribution in [2.75, 3.05) is 26.7 Å². The Morgan fingerprint density at radius 3 is 2.94 bits per heavy atom. The second kappa shape index (κ2) is 5.65. The van der Waals surface area contributed by atoms with Crippen LogP contribution in [0, 0.1) is 13.8 Å². The maximum atomic E-state index is 3.49. The van der Waals surface area contributed by atoms with E-state index in [1.165, 1.54) is 36.1 Å². The smallest absolute Gasteiger partial charge is 0.0221 e. The van der Waals surface area contributed by atoms with Crippen molar-refractivity contribution in [3.8, 4) is 0 Å². The first-order valence-electron chi connectivity index (χ1n) is 6.64. The highest BCUT2D eigenvalue weighted by molar-refractivity contribution is 5.30. The normalized spacial score (nSPS) is 21.7. The highest BCUT2D eigenvalue weighted by Crippen LogP contribution is 2.15. The largest absolute Gasteiger partial charge is 0.314 e. The zero-order valence-electron chi connectivity index (χ0n) is 11.3. The molecule has 0 radical (unpaired) electrons. The van der Waals surface area contributed by atoms with Gasteiger partial charge >= 0.3 is 0 Å². The van der Waals surface area contributed by atoms with Gasteiger partial charge in [-0.25, -0.2) is 0 Å². The van der Waals surface area contributed by atoms with Crippen molar-refractivity contribution in [1.29, 1.82) is 0 Å². The lowest BCUT2D eigenvalue weighted by Gasteiger charge is -2.33. The minimum atomic E-state index is 0.698. The fraction of sp³-hybridized carbons (Fsp3) is 0.600. The molecule has 0 aromatic heterocycles. The summed E-state index contributed by atoms with van der Waals surface area (Å²) in [7, 11) is 2.24. The third-order valence-electron chi connectivity index (χ3n) is 3.90. The number of likely N-dealkylation sites (N-methyl/N-ethyl adjacent to an activating group) is 1. The number of piperazine rings is 1. The van der Waals surface area contributed by atoms with Crippen LogP contribution in [0.4, 0.5) is 0 Å². The monoisotopic (exact) mass is 232 g/mol. The van der Waals surface area contributed by atoms with E-state index in [2.05, 4.69) is 49.3 Å². The number of benzene rings is 1. The Bertz CT molecular complexity index is 373. The van der Waals surface area contributed by atoms with Crippen molar-refractivity contribution in [3.05, 3.63) is 34.9 Å². The van der Waals surface area contributed by atoms with Crippen molar-refractivity contribution in [1.82, 2.24) is 10.2 Å². The molecule has 2 heteroatoms. The van der Waals surface area contributed by atoms with Gasteiger partial charge in [0.15, 0.2) is 0 Å². The van der Waals surface area contributed by atoms with Crippen LogP contribution in [0.3, 0.4) is 0 Å². The van der Waals surface area contributed by atoms with Crippen molar-refractivity contribution >= 4 is 0 Å². The van der Waals surface area contributed by atoms with Gasteiger partial charge in [0.05, 0.1) is 0 Å². The van der Waals surface area contributed by atoms with Gasteiger partial charge in [-0.2, -0.15) is 0 Å². The second-order valence-electron chi connectivity index (χ2n) is 5.31. The summed E-state index contributed by atoms with van der Waals surface area (Å²) in [5.41, 5.74) is 4.33. The van der Waals surface area contributed by atoms with E-state index in [0.29, 0.717) is 6.04 Å². The van der Waals surface area contributed by atoms with Gasteiger partial charge < -0.3 is 10.2 Å². The van der Waals surface area contributed by atoms with Crippen molar-refractivity contribution in [2.45, 2.75) is 32.7 Å². The van der Waals surface area contributed by atoms with Crippen molar-refractivity contribution < 1.29 is 0 Å². The molecule has 1 saturated heterocycles. The molecule has 0 saturated carbocycles. The lowest BCUT2D eigenvalue weighted by molar-refractivity contribution is 0.190. The van der Waals surface area contributed by atoms with E-state index < -0.39 is 0 Å². The fourth-order valence-electron chi connectivity index (χ4n) is 2.58. The Morgan fingerprint density at radius 2 is 2.18 bits per heavy atom. The average molecular weight is 232 g/mol. The number of aryl methyl sites for hydroxylation is 3. The van der Waals surface area contributed by atoms with Crippen LogP contribution in [0.5, 0.6) is 0 Å². The molecule has 1 aliphatic heterocycles. The molecule has 1 aromatic rings. The number of hydrogen-bond acceptors (Lipinski definition) is 2. The summed E-state index contributed by atoms with van der Waals surface area (Å²) in [6, 6.07) is 7.48. The molecule has 1 fully saturated rings. The zero-order valence-corrected chi connectivity index (χ0v) is 11.3. The number of rotatable bonds is 3. The minimum absolute atomic E-state index is 0.698. The third kappa shape index (κ3) is 3.30. The first kappa shape index (κ1) is 12.6. The van der Waals surface area contributed by atoms with E-state index in [4.69, 9.17) is 0 Å². The quantitative estimate of drug-likeness (QED) is 0.859. The topological polar surface area (TPSA) is 15.3 Å². The van der Waals surface area contributed by atoms with Gasteiger partial charge in [-0.15, -0.1) is 0 Å². The van der Waals surface area contributed by atoms with E-state index >= 15 is 0 Å². The molecular formula is C15H24N2. The molecule has 1 unspecified atom stereocenters. The van der Waals surface area contributed by atoms with Crippen LogP contribution in [0.2, 0.25) is 0 Å². The molecule has 0 amide bonds. The van der Waals surface area contributed by atoms with Gasteiger partial charge in [-0.3, -0.25) is 0 Å². The first-order chi connectivity index (χ1) is 8.16. The van der Waals surface area contributed by atoms with Crippen LogP contribution >= 0.6 is 0 Å². The summed E-state index contributed by atoms with van der Waals surface area (Å²) in [6.45, 7) is 7.85. The molecule has 1 heterocycles. The van der Waals surface area contributed by atoms with E-state index in [0.717, 1.165) is 13.1 Å². The maximum absolute atomic E-state index is 3.49. The summed E-state index contributed by atoms with van der Waals surface area (Å²) in [4.78, 5) is 2.49. The number of nitrogens with zero attached hydrogens (tertiary/aromatic N) is 1. The summed E-state index contributed by atoms with van der Waals surface area (Å²) in [5.74, 6) is 0. The molecule has 17 heavy (non-hydrogen) atoms. The molecule has 0 bridgehead atoms. The predicted molar refractivity (Wildman–Crippen MR) is 73.5 cm³/mol. The fourth-order valence-corrected chi connectivity index (χ4v) is 2.58. The maximum Gasteiger partial charge on any atom is 0.0221 e. The van der Waals surface area contributed by atoms with Crippen LogP contribution in [0.1, 0.15) is 23.1 Å².